The van der Waals surface area contributed by atoms with E-state index in [1.54, 1.807) is 12.1 Å². The first kappa shape index (κ1) is 16.3. The van der Waals surface area contributed by atoms with Crippen molar-refractivity contribution in [3.8, 4) is 11.8 Å². The summed E-state index contributed by atoms with van der Waals surface area (Å²) in [7, 11) is 1.38. The van der Waals surface area contributed by atoms with Crippen LogP contribution in [0.25, 0.3) is 0 Å². The Hall–Kier alpha value is -2.79. The third-order valence-electron chi connectivity index (χ3n) is 2.63. The average molecular weight is 293 g/mol. The summed E-state index contributed by atoms with van der Waals surface area (Å²) in [5.41, 5.74) is 0.326. The Kier molecular flexibility index (Phi) is 5.98. The number of aliphatic carboxylic acids is 1. The number of nitriles is 1. The molecule has 21 heavy (non-hydrogen) atoms. The zero-order chi connectivity index (χ0) is 15.8. The fraction of sp³-hybridized carbons (Fsp3) is 0.308. The third kappa shape index (κ3) is 4.36. The minimum Gasteiger partial charge on any atom is -0.495 e. The summed E-state index contributed by atoms with van der Waals surface area (Å²) in [6.07, 6.45) is -0.125. The SMILES string of the molecule is COc1cccc(C#N)c1NC(=O)NC(CCO)C(=O)O. The van der Waals surface area contributed by atoms with Crippen LogP contribution in [0.5, 0.6) is 5.75 Å². The first-order valence-corrected chi connectivity index (χ1v) is 6.01. The van der Waals surface area contributed by atoms with Crippen LogP contribution < -0.4 is 15.4 Å². The first-order chi connectivity index (χ1) is 10.0. The van der Waals surface area contributed by atoms with Crippen LogP contribution in [0.15, 0.2) is 18.2 Å². The van der Waals surface area contributed by atoms with Crippen molar-refractivity contribution in [2.45, 2.75) is 12.5 Å². The molecule has 1 aromatic carbocycles. The molecule has 0 saturated heterocycles. The van der Waals surface area contributed by atoms with Gasteiger partial charge in [-0.05, 0) is 12.1 Å². The summed E-state index contributed by atoms with van der Waals surface area (Å²) in [6.45, 7) is -0.380. The number of rotatable bonds is 6. The minimum atomic E-state index is -1.26. The summed E-state index contributed by atoms with van der Waals surface area (Å²) >= 11 is 0. The van der Waals surface area contributed by atoms with Gasteiger partial charge in [-0.3, -0.25) is 0 Å². The quantitative estimate of drug-likeness (QED) is 0.604. The van der Waals surface area contributed by atoms with Crippen molar-refractivity contribution in [3.63, 3.8) is 0 Å². The van der Waals surface area contributed by atoms with Crippen molar-refractivity contribution < 1.29 is 24.5 Å². The summed E-state index contributed by atoms with van der Waals surface area (Å²) in [5, 5.41) is 31.2. The van der Waals surface area contributed by atoms with E-state index in [4.69, 9.17) is 20.2 Å². The Morgan fingerprint density at radius 2 is 2.19 bits per heavy atom. The molecule has 0 saturated carbocycles. The standard InChI is InChI=1S/C13H15N3O5/c1-21-10-4-2-3-8(7-14)11(10)16-13(20)15-9(5-6-17)12(18)19/h2-4,9,17H,5-6H2,1H3,(H,18,19)(H2,15,16,20). The number of amides is 2. The number of para-hydroxylation sites is 1. The van der Waals surface area contributed by atoms with Crippen molar-refractivity contribution >= 4 is 17.7 Å². The second-order valence-electron chi connectivity index (χ2n) is 4.00. The molecule has 0 spiro atoms. The number of nitrogens with one attached hydrogen (secondary N) is 2. The molecule has 0 aliphatic carbocycles. The molecule has 1 rings (SSSR count). The van der Waals surface area contributed by atoms with Crippen LogP contribution in [-0.4, -0.2) is 42.0 Å². The fourth-order valence-electron chi connectivity index (χ4n) is 1.62. The number of hydrogen-bond acceptors (Lipinski definition) is 5. The Labute approximate surface area is 121 Å². The lowest BCUT2D eigenvalue weighted by Gasteiger charge is -2.16. The van der Waals surface area contributed by atoms with Crippen molar-refractivity contribution in [2.75, 3.05) is 19.0 Å². The number of aliphatic hydroxyl groups excluding tert-OH is 1. The molecule has 0 aliphatic rings. The van der Waals surface area contributed by atoms with Crippen LogP contribution in [0.3, 0.4) is 0 Å². The number of hydrogen-bond donors (Lipinski definition) is 4. The molecule has 0 aromatic heterocycles. The Morgan fingerprint density at radius 1 is 1.48 bits per heavy atom. The summed E-state index contributed by atoms with van der Waals surface area (Å²) in [5.74, 6) is -0.988. The monoisotopic (exact) mass is 293 g/mol. The van der Waals surface area contributed by atoms with Crippen molar-refractivity contribution in [1.82, 2.24) is 5.32 Å². The lowest BCUT2D eigenvalue weighted by Crippen LogP contribution is -2.43. The van der Waals surface area contributed by atoms with Gasteiger partial charge in [0.1, 0.15) is 23.5 Å². The lowest BCUT2D eigenvalue weighted by atomic mass is 10.2. The number of carboxylic acids is 1. The summed E-state index contributed by atoms with van der Waals surface area (Å²) in [6, 6.07) is 4.49. The smallest absolute Gasteiger partial charge is 0.326 e. The van der Waals surface area contributed by atoms with Crippen LogP contribution in [-0.2, 0) is 4.79 Å². The molecule has 2 amide bonds. The van der Waals surface area contributed by atoms with Gasteiger partial charge in [0.05, 0.1) is 12.7 Å². The summed E-state index contributed by atoms with van der Waals surface area (Å²) < 4.78 is 5.04. The minimum absolute atomic E-state index is 0.125. The maximum absolute atomic E-state index is 11.8. The van der Waals surface area contributed by atoms with Gasteiger partial charge in [0.2, 0.25) is 0 Å². The number of nitrogens with zero attached hydrogens (tertiary/aromatic N) is 1. The van der Waals surface area contributed by atoms with Crippen molar-refractivity contribution in [3.05, 3.63) is 23.8 Å². The van der Waals surface area contributed by atoms with E-state index >= 15 is 0 Å². The molecular formula is C13H15N3O5. The largest absolute Gasteiger partial charge is 0.495 e. The average Bonchev–Trinajstić information content (AvgIpc) is 2.46. The fourth-order valence-corrected chi connectivity index (χ4v) is 1.62. The van der Waals surface area contributed by atoms with E-state index in [0.717, 1.165) is 0 Å². The number of benzene rings is 1. The second kappa shape index (κ2) is 7.72. The van der Waals surface area contributed by atoms with Gasteiger partial charge in [0, 0.05) is 13.0 Å². The first-order valence-electron chi connectivity index (χ1n) is 6.01. The van der Waals surface area contributed by atoms with Gasteiger partial charge in [-0.1, -0.05) is 6.07 Å². The van der Waals surface area contributed by atoms with Crippen LogP contribution in [0.1, 0.15) is 12.0 Å². The van der Waals surface area contributed by atoms with E-state index in [9.17, 15) is 9.59 Å². The van der Waals surface area contributed by atoms with Crippen LogP contribution in [0.2, 0.25) is 0 Å². The highest BCUT2D eigenvalue weighted by Crippen LogP contribution is 2.27. The predicted molar refractivity (Wildman–Crippen MR) is 73.0 cm³/mol. The van der Waals surface area contributed by atoms with Gasteiger partial charge >= 0.3 is 12.0 Å². The second-order valence-corrected chi connectivity index (χ2v) is 4.00. The molecule has 1 aromatic rings. The highest BCUT2D eigenvalue weighted by Gasteiger charge is 2.20. The van der Waals surface area contributed by atoms with E-state index in [-0.39, 0.29) is 30.0 Å². The number of carbonyl (C=O) groups is 2. The van der Waals surface area contributed by atoms with E-state index in [1.807, 2.05) is 6.07 Å². The zero-order valence-corrected chi connectivity index (χ0v) is 11.3. The van der Waals surface area contributed by atoms with Crippen molar-refractivity contribution in [1.29, 1.82) is 5.26 Å². The molecule has 0 heterocycles. The number of anilines is 1. The number of ether oxygens (including phenoxy) is 1. The summed E-state index contributed by atoms with van der Waals surface area (Å²) in [4.78, 5) is 22.7. The number of methoxy groups -OCH3 is 1. The topological polar surface area (TPSA) is 132 Å². The molecule has 0 aliphatic heterocycles. The van der Waals surface area contributed by atoms with Crippen LogP contribution in [0.4, 0.5) is 10.5 Å². The third-order valence-corrected chi connectivity index (χ3v) is 2.63. The molecule has 1 unspecified atom stereocenters. The van der Waals surface area contributed by atoms with Gasteiger partial charge in [0.15, 0.2) is 0 Å². The van der Waals surface area contributed by atoms with Gasteiger partial charge in [-0.2, -0.15) is 5.26 Å². The molecule has 8 nitrogen and oxygen atoms in total. The highest BCUT2D eigenvalue weighted by atomic mass is 16.5. The zero-order valence-electron chi connectivity index (χ0n) is 11.3. The Morgan fingerprint density at radius 3 is 2.71 bits per heavy atom. The van der Waals surface area contributed by atoms with E-state index in [2.05, 4.69) is 10.6 Å². The van der Waals surface area contributed by atoms with E-state index in [0.29, 0.717) is 0 Å². The normalized spacial score (nSPS) is 11.1. The number of urea groups is 1. The number of aliphatic hydroxyl groups is 1. The van der Waals surface area contributed by atoms with Gasteiger partial charge in [-0.25, -0.2) is 9.59 Å². The molecule has 8 heteroatoms. The van der Waals surface area contributed by atoms with Gasteiger partial charge < -0.3 is 25.6 Å². The van der Waals surface area contributed by atoms with Crippen LogP contribution >= 0.6 is 0 Å². The molecule has 1 atom stereocenters. The van der Waals surface area contributed by atoms with Crippen LogP contribution in [0, 0.1) is 11.3 Å². The molecule has 112 valence electrons. The van der Waals surface area contributed by atoms with Gasteiger partial charge in [0.25, 0.3) is 0 Å². The molecule has 4 N–H and O–H groups in total. The molecule has 0 bridgehead atoms. The molecule has 0 fully saturated rings. The predicted octanol–water partition coefficient (Wildman–Crippen LogP) is 0.524. The number of carboxylic acid groups (broad SMARTS) is 1. The maximum atomic E-state index is 11.8. The molecule has 0 radical (unpaired) electrons. The van der Waals surface area contributed by atoms with Crippen molar-refractivity contribution in [2.24, 2.45) is 0 Å². The highest BCUT2D eigenvalue weighted by molar-refractivity contribution is 5.94. The lowest BCUT2D eigenvalue weighted by molar-refractivity contribution is -0.139. The molecular weight excluding hydrogens is 278 g/mol. The maximum Gasteiger partial charge on any atom is 0.326 e. The Balaban J connectivity index is 2.88. The van der Waals surface area contributed by atoms with E-state index < -0.39 is 18.0 Å². The van der Waals surface area contributed by atoms with E-state index in [1.165, 1.54) is 13.2 Å². The number of carbonyl (C=O) groups excluding carboxylic acids is 1. The Bertz CT molecular complexity index is 567. The van der Waals surface area contributed by atoms with Gasteiger partial charge in [-0.15, -0.1) is 0 Å².